The number of aromatic nitrogens is 3. The molecule has 0 bridgehead atoms. The average Bonchev–Trinajstić information content (AvgIpc) is 3.42. The molecule has 0 radical (unpaired) electrons. The SMILES string of the molecule is O=C(c1nnc(-c2cc(S(=O)(=O)Nc3ccccc3F)c[nH]2)o1)N1CCCC1. The highest BCUT2D eigenvalue weighted by molar-refractivity contribution is 7.92. The summed E-state index contributed by atoms with van der Waals surface area (Å²) in [6.45, 7) is 1.28. The highest BCUT2D eigenvalue weighted by Gasteiger charge is 2.26. The zero-order valence-corrected chi connectivity index (χ0v) is 15.4. The minimum absolute atomic E-state index is 0.0186. The molecule has 3 heterocycles. The number of hydrogen-bond acceptors (Lipinski definition) is 6. The van der Waals surface area contributed by atoms with Crippen LogP contribution in [0.15, 0.2) is 45.8 Å². The molecular formula is C17H16FN5O4S. The topological polar surface area (TPSA) is 121 Å². The van der Waals surface area contributed by atoms with Crippen molar-refractivity contribution in [3.05, 3.63) is 48.2 Å². The molecule has 2 N–H and O–H groups in total. The van der Waals surface area contributed by atoms with Crippen molar-refractivity contribution in [3.8, 4) is 11.6 Å². The van der Waals surface area contributed by atoms with E-state index in [0.717, 1.165) is 18.9 Å². The maximum Gasteiger partial charge on any atom is 0.311 e. The van der Waals surface area contributed by atoms with Crippen LogP contribution in [0.3, 0.4) is 0 Å². The fourth-order valence-corrected chi connectivity index (χ4v) is 3.93. The fourth-order valence-electron chi connectivity index (χ4n) is 2.87. The molecule has 1 aromatic carbocycles. The number of halogens is 1. The number of anilines is 1. The minimum Gasteiger partial charge on any atom is -0.411 e. The monoisotopic (exact) mass is 405 g/mol. The number of carbonyl (C=O) groups is 1. The molecule has 0 spiro atoms. The van der Waals surface area contributed by atoms with Gasteiger partial charge in [-0.1, -0.05) is 12.1 Å². The van der Waals surface area contributed by atoms with Crippen LogP contribution in [0, 0.1) is 5.82 Å². The van der Waals surface area contributed by atoms with Crippen molar-refractivity contribution < 1.29 is 22.0 Å². The Balaban J connectivity index is 1.54. The Morgan fingerprint density at radius 3 is 2.71 bits per heavy atom. The maximum absolute atomic E-state index is 13.7. The second-order valence-corrected chi connectivity index (χ2v) is 7.93. The van der Waals surface area contributed by atoms with Gasteiger partial charge in [0.25, 0.3) is 15.9 Å². The number of nitrogens with one attached hydrogen (secondary N) is 2. The number of hydrogen-bond donors (Lipinski definition) is 2. The Morgan fingerprint density at radius 2 is 1.96 bits per heavy atom. The molecule has 1 amide bonds. The summed E-state index contributed by atoms with van der Waals surface area (Å²) >= 11 is 0. The van der Waals surface area contributed by atoms with Crippen molar-refractivity contribution in [2.24, 2.45) is 0 Å². The number of para-hydroxylation sites is 1. The zero-order chi connectivity index (χ0) is 19.7. The van der Waals surface area contributed by atoms with Crippen LogP contribution >= 0.6 is 0 Å². The van der Waals surface area contributed by atoms with Gasteiger partial charge in [0.1, 0.15) is 16.4 Å². The summed E-state index contributed by atoms with van der Waals surface area (Å²) in [5.74, 6) is -1.21. The van der Waals surface area contributed by atoms with E-state index >= 15 is 0 Å². The Bertz CT molecular complexity index is 1120. The lowest BCUT2D eigenvalue weighted by Gasteiger charge is -2.11. The van der Waals surface area contributed by atoms with E-state index in [4.69, 9.17) is 4.42 Å². The molecule has 1 aliphatic rings. The summed E-state index contributed by atoms with van der Waals surface area (Å²) in [5, 5.41) is 7.55. The van der Waals surface area contributed by atoms with Gasteiger partial charge in [-0.2, -0.15) is 0 Å². The smallest absolute Gasteiger partial charge is 0.311 e. The van der Waals surface area contributed by atoms with Gasteiger partial charge in [0.05, 0.1) is 5.69 Å². The van der Waals surface area contributed by atoms with Crippen LogP contribution in [-0.2, 0) is 10.0 Å². The molecular weight excluding hydrogens is 389 g/mol. The molecule has 1 saturated heterocycles. The normalized spacial score (nSPS) is 14.4. The predicted octanol–water partition coefficient (Wildman–Crippen LogP) is 2.24. The third-order valence-corrected chi connectivity index (χ3v) is 5.66. The van der Waals surface area contributed by atoms with Gasteiger partial charge in [-0.05, 0) is 31.0 Å². The Labute approximate surface area is 159 Å². The van der Waals surface area contributed by atoms with Crippen molar-refractivity contribution >= 4 is 21.6 Å². The van der Waals surface area contributed by atoms with E-state index in [1.165, 1.54) is 30.5 Å². The molecule has 9 nitrogen and oxygen atoms in total. The van der Waals surface area contributed by atoms with Crippen LogP contribution in [-0.4, -0.2) is 47.5 Å². The number of benzene rings is 1. The lowest BCUT2D eigenvalue weighted by atomic mass is 10.3. The van der Waals surface area contributed by atoms with Crippen molar-refractivity contribution in [1.29, 1.82) is 0 Å². The predicted molar refractivity (Wildman–Crippen MR) is 96.4 cm³/mol. The van der Waals surface area contributed by atoms with Gasteiger partial charge in [-0.3, -0.25) is 9.52 Å². The third kappa shape index (κ3) is 3.48. The summed E-state index contributed by atoms with van der Waals surface area (Å²) in [5.41, 5.74) is 0.0587. The van der Waals surface area contributed by atoms with Crippen LogP contribution < -0.4 is 4.72 Å². The highest BCUT2D eigenvalue weighted by Crippen LogP contribution is 2.24. The van der Waals surface area contributed by atoms with Gasteiger partial charge in [-0.15, -0.1) is 10.2 Å². The number of amides is 1. The maximum atomic E-state index is 13.7. The second kappa shape index (κ2) is 7.08. The van der Waals surface area contributed by atoms with Gasteiger partial charge in [0, 0.05) is 19.3 Å². The molecule has 28 heavy (non-hydrogen) atoms. The third-order valence-electron chi connectivity index (χ3n) is 4.32. The molecule has 11 heteroatoms. The number of carbonyl (C=O) groups excluding carboxylic acids is 1. The number of nitrogens with zero attached hydrogens (tertiary/aromatic N) is 3. The number of H-pyrrole nitrogens is 1. The molecule has 4 rings (SSSR count). The molecule has 146 valence electrons. The first kappa shape index (κ1) is 18.2. The van der Waals surface area contributed by atoms with Gasteiger partial charge in [0.2, 0.25) is 0 Å². The van der Waals surface area contributed by atoms with Gasteiger partial charge in [0.15, 0.2) is 0 Å². The van der Waals surface area contributed by atoms with E-state index in [2.05, 4.69) is 19.9 Å². The van der Waals surface area contributed by atoms with Crippen molar-refractivity contribution in [2.45, 2.75) is 17.7 Å². The highest BCUT2D eigenvalue weighted by atomic mass is 32.2. The summed E-state index contributed by atoms with van der Waals surface area (Å²) < 4.78 is 46.2. The average molecular weight is 405 g/mol. The standard InChI is InChI=1S/C17H16FN5O4S/c18-12-5-1-2-6-13(12)22-28(25,26)11-9-14(19-10-11)15-20-21-16(27-15)17(24)23-7-3-4-8-23/h1-2,5-6,9-10,19,22H,3-4,7-8H2. The molecule has 3 aromatic rings. The number of likely N-dealkylation sites (tertiary alicyclic amines) is 1. The Hall–Kier alpha value is -3.21. The molecule has 0 unspecified atom stereocenters. The van der Waals surface area contributed by atoms with E-state index < -0.39 is 15.8 Å². The lowest BCUT2D eigenvalue weighted by Crippen LogP contribution is -2.27. The molecule has 0 atom stereocenters. The molecule has 0 saturated carbocycles. The molecule has 1 fully saturated rings. The molecule has 0 aliphatic carbocycles. The van der Waals surface area contributed by atoms with Crippen LogP contribution in [0.4, 0.5) is 10.1 Å². The number of aromatic amines is 1. The van der Waals surface area contributed by atoms with Crippen LogP contribution in [0.25, 0.3) is 11.6 Å². The van der Waals surface area contributed by atoms with Gasteiger partial charge < -0.3 is 14.3 Å². The van der Waals surface area contributed by atoms with Gasteiger partial charge >= 0.3 is 11.8 Å². The number of sulfonamides is 1. The van der Waals surface area contributed by atoms with E-state index in [1.54, 1.807) is 4.90 Å². The van der Waals surface area contributed by atoms with Crippen LogP contribution in [0.2, 0.25) is 0 Å². The first-order chi connectivity index (χ1) is 13.4. The second-order valence-electron chi connectivity index (χ2n) is 6.25. The fraction of sp³-hybridized carbons (Fsp3) is 0.235. The van der Waals surface area contributed by atoms with E-state index in [1.807, 2.05) is 0 Å². The van der Waals surface area contributed by atoms with Crippen molar-refractivity contribution in [1.82, 2.24) is 20.1 Å². The molecule has 2 aromatic heterocycles. The van der Waals surface area contributed by atoms with Crippen molar-refractivity contribution in [2.75, 3.05) is 17.8 Å². The van der Waals surface area contributed by atoms with E-state index in [0.29, 0.717) is 13.1 Å². The quantitative estimate of drug-likeness (QED) is 0.671. The number of rotatable bonds is 5. The van der Waals surface area contributed by atoms with E-state index in [-0.39, 0.29) is 34.0 Å². The zero-order valence-electron chi connectivity index (χ0n) is 14.6. The first-order valence-corrected chi connectivity index (χ1v) is 10.0. The van der Waals surface area contributed by atoms with Gasteiger partial charge in [-0.25, -0.2) is 12.8 Å². The minimum atomic E-state index is -4.03. The molecule has 1 aliphatic heterocycles. The Morgan fingerprint density at radius 1 is 1.21 bits per heavy atom. The Kier molecular flexibility index (Phi) is 4.59. The largest absolute Gasteiger partial charge is 0.411 e. The first-order valence-electron chi connectivity index (χ1n) is 8.53. The van der Waals surface area contributed by atoms with Crippen LogP contribution in [0.1, 0.15) is 23.5 Å². The lowest BCUT2D eigenvalue weighted by molar-refractivity contribution is 0.0754. The summed E-state index contributed by atoms with van der Waals surface area (Å²) in [4.78, 5) is 16.5. The summed E-state index contributed by atoms with van der Waals surface area (Å²) in [6, 6.07) is 6.70. The summed E-state index contributed by atoms with van der Waals surface area (Å²) in [7, 11) is -4.03. The van der Waals surface area contributed by atoms with Crippen molar-refractivity contribution in [3.63, 3.8) is 0 Å². The van der Waals surface area contributed by atoms with E-state index in [9.17, 15) is 17.6 Å². The summed E-state index contributed by atoms with van der Waals surface area (Å²) in [6.07, 6.45) is 3.07. The van der Waals surface area contributed by atoms with Crippen LogP contribution in [0.5, 0.6) is 0 Å².